The summed E-state index contributed by atoms with van der Waals surface area (Å²) in [6, 6.07) is 4.58. The highest BCUT2D eigenvalue weighted by Crippen LogP contribution is 2.28. The van der Waals surface area contributed by atoms with E-state index in [9.17, 15) is 8.42 Å². The average Bonchev–Trinajstić information content (AvgIpc) is 3.28. The molecule has 0 aromatic carbocycles. The Morgan fingerprint density at radius 3 is 2.67 bits per heavy atom. The summed E-state index contributed by atoms with van der Waals surface area (Å²) in [6.07, 6.45) is 6.04. The third-order valence-corrected chi connectivity index (χ3v) is 7.86. The molecule has 6 heteroatoms. The zero-order valence-electron chi connectivity index (χ0n) is 14.8. The van der Waals surface area contributed by atoms with Gasteiger partial charge in [-0.05, 0) is 56.7 Å². The molecule has 0 amide bonds. The fourth-order valence-corrected chi connectivity index (χ4v) is 6.29. The molecule has 0 spiro atoms. The Labute approximate surface area is 150 Å². The molecule has 1 aliphatic heterocycles. The van der Waals surface area contributed by atoms with Crippen LogP contribution in [0.4, 0.5) is 0 Å². The van der Waals surface area contributed by atoms with Crippen molar-refractivity contribution in [1.29, 1.82) is 0 Å². The van der Waals surface area contributed by atoms with Crippen molar-refractivity contribution in [2.24, 2.45) is 5.92 Å². The van der Waals surface area contributed by atoms with E-state index in [2.05, 4.69) is 35.6 Å². The van der Waals surface area contributed by atoms with Crippen molar-refractivity contribution in [3.63, 3.8) is 0 Å². The minimum Gasteiger partial charge on any atom is -0.297 e. The maximum Gasteiger partial charge on any atom is 0.214 e. The Morgan fingerprint density at radius 1 is 1.21 bits per heavy atom. The summed E-state index contributed by atoms with van der Waals surface area (Å²) in [7, 11) is -3.08. The lowest BCUT2D eigenvalue weighted by Gasteiger charge is -2.24. The number of rotatable bonds is 7. The van der Waals surface area contributed by atoms with E-state index in [0.717, 1.165) is 58.2 Å². The van der Waals surface area contributed by atoms with Gasteiger partial charge in [0.25, 0.3) is 0 Å². The normalized spacial score (nSPS) is 23.5. The smallest absolute Gasteiger partial charge is 0.214 e. The molecule has 1 N–H and O–H groups in total. The van der Waals surface area contributed by atoms with Crippen molar-refractivity contribution in [1.82, 2.24) is 9.62 Å². The molecule has 0 bridgehead atoms. The zero-order valence-corrected chi connectivity index (χ0v) is 16.5. The Balaban J connectivity index is 1.57. The van der Waals surface area contributed by atoms with Gasteiger partial charge in [-0.1, -0.05) is 20.3 Å². The largest absolute Gasteiger partial charge is 0.297 e. The molecule has 1 saturated carbocycles. The van der Waals surface area contributed by atoms with Crippen LogP contribution in [0, 0.1) is 5.92 Å². The van der Waals surface area contributed by atoms with Crippen molar-refractivity contribution in [2.45, 2.75) is 70.2 Å². The summed E-state index contributed by atoms with van der Waals surface area (Å²) in [4.78, 5) is 5.29. The second-order valence-electron chi connectivity index (χ2n) is 7.76. The Hall–Kier alpha value is -0.430. The first kappa shape index (κ1) is 18.4. The number of hydrogen-bond acceptors (Lipinski definition) is 4. The molecule has 0 radical (unpaired) electrons. The van der Waals surface area contributed by atoms with Crippen molar-refractivity contribution in [3.05, 3.63) is 21.9 Å². The Bertz CT molecular complexity index is 635. The fraction of sp³-hybridized carbons (Fsp3) is 0.778. The van der Waals surface area contributed by atoms with Crippen molar-refractivity contribution < 1.29 is 8.42 Å². The number of nitrogens with one attached hydrogen (secondary N) is 1. The lowest BCUT2D eigenvalue weighted by Crippen LogP contribution is -2.43. The van der Waals surface area contributed by atoms with Gasteiger partial charge in [0.1, 0.15) is 0 Å². The number of nitrogens with zero attached hydrogens (tertiary/aromatic N) is 1. The van der Waals surface area contributed by atoms with E-state index in [4.69, 9.17) is 0 Å². The number of likely N-dealkylation sites (tertiary alicyclic amines) is 1. The first-order valence-electron chi connectivity index (χ1n) is 9.23. The van der Waals surface area contributed by atoms with Crippen molar-refractivity contribution in [2.75, 3.05) is 13.1 Å². The predicted molar refractivity (Wildman–Crippen MR) is 101 cm³/mol. The molecule has 2 fully saturated rings. The molecule has 1 atom stereocenters. The molecule has 1 saturated heterocycles. The van der Waals surface area contributed by atoms with E-state index >= 15 is 0 Å². The molecule has 3 rings (SSSR count). The zero-order chi connectivity index (χ0) is 17.2. The number of sulfonamides is 1. The van der Waals surface area contributed by atoms with Crippen LogP contribution in [0.15, 0.2) is 12.1 Å². The van der Waals surface area contributed by atoms with Crippen LogP contribution in [0.2, 0.25) is 0 Å². The van der Waals surface area contributed by atoms with Crippen LogP contribution in [0.3, 0.4) is 0 Å². The quantitative estimate of drug-likeness (QED) is 0.800. The van der Waals surface area contributed by atoms with Gasteiger partial charge >= 0.3 is 0 Å². The van der Waals surface area contributed by atoms with Crippen LogP contribution in [0.1, 0.15) is 55.7 Å². The highest BCUT2D eigenvalue weighted by Gasteiger charge is 2.37. The van der Waals surface area contributed by atoms with Crippen molar-refractivity contribution >= 4 is 21.4 Å². The number of thiophene rings is 1. The van der Waals surface area contributed by atoms with Gasteiger partial charge in [-0.2, -0.15) is 0 Å². The van der Waals surface area contributed by atoms with E-state index in [-0.39, 0.29) is 11.3 Å². The van der Waals surface area contributed by atoms with Crippen LogP contribution in [0.25, 0.3) is 0 Å². The van der Waals surface area contributed by atoms with E-state index < -0.39 is 10.0 Å². The molecule has 4 nitrogen and oxygen atoms in total. The van der Waals surface area contributed by atoms with Gasteiger partial charge < -0.3 is 0 Å². The maximum atomic E-state index is 12.2. The third-order valence-electron chi connectivity index (χ3n) is 4.76. The average molecular weight is 371 g/mol. The van der Waals surface area contributed by atoms with E-state index in [1.807, 2.05) is 11.3 Å². The second-order valence-corrected chi connectivity index (χ2v) is 11.0. The predicted octanol–water partition coefficient (Wildman–Crippen LogP) is 3.38. The van der Waals surface area contributed by atoms with Gasteiger partial charge in [-0.25, -0.2) is 13.1 Å². The molecule has 24 heavy (non-hydrogen) atoms. The minimum absolute atomic E-state index is 0.0770. The standard InChI is InChI=1S/C18H30N2O2S2/c1-14(2)11-16-6-7-17(23-16)13-20-10-4-3-5-15(12-20)19-24(21,22)18-8-9-18/h6-7,14-15,18-19H,3-5,8-13H2,1-2H3/t15-/m1/s1. The van der Waals surface area contributed by atoms with Crippen LogP contribution < -0.4 is 4.72 Å². The van der Waals surface area contributed by atoms with Crippen LogP contribution in [-0.4, -0.2) is 37.7 Å². The first-order valence-corrected chi connectivity index (χ1v) is 11.6. The monoisotopic (exact) mass is 370 g/mol. The minimum atomic E-state index is -3.08. The van der Waals surface area contributed by atoms with Crippen LogP contribution in [-0.2, 0) is 23.0 Å². The summed E-state index contributed by atoms with van der Waals surface area (Å²) in [5, 5.41) is -0.120. The lowest BCUT2D eigenvalue weighted by molar-refractivity contribution is 0.262. The SMILES string of the molecule is CC(C)Cc1ccc(CN2CCCC[C@@H](NS(=O)(=O)C3CC3)C2)s1. The molecule has 2 aliphatic rings. The summed E-state index contributed by atoms with van der Waals surface area (Å²) in [5.74, 6) is 0.691. The van der Waals surface area contributed by atoms with Gasteiger partial charge in [0.15, 0.2) is 0 Å². The fourth-order valence-electron chi connectivity index (χ4n) is 3.41. The Kier molecular flexibility index (Phi) is 6.01. The molecule has 0 unspecified atom stereocenters. The molecular weight excluding hydrogens is 340 g/mol. The van der Waals surface area contributed by atoms with Gasteiger partial charge in [0.05, 0.1) is 5.25 Å². The summed E-state index contributed by atoms with van der Waals surface area (Å²) in [5.41, 5.74) is 0. The summed E-state index contributed by atoms with van der Waals surface area (Å²) >= 11 is 1.91. The summed E-state index contributed by atoms with van der Waals surface area (Å²) < 4.78 is 27.4. The van der Waals surface area contributed by atoms with Crippen LogP contribution in [0.5, 0.6) is 0 Å². The van der Waals surface area contributed by atoms with Crippen LogP contribution >= 0.6 is 11.3 Å². The molecule has 136 valence electrons. The van der Waals surface area contributed by atoms with Gasteiger partial charge in [-0.15, -0.1) is 11.3 Å². The summed E-state index contributed by atoms with van der Waals surface area (Å²) in [6.45, 7) is 7.36. The molecule has 1 aromatic rings. The van der Waals surface area contributed by atoms with Gasteiger partial charge in [0.2, 0.25) is 10.0 Å². The first-order chi connectivity index (χ1) is 11.4. The van der Waals surface area contributed by atoms with E-state index in [0.29, 0.717) is 5.92 Å². The van der Waals surface area contributed by atoms with E-state index in [1.54, 1.807) is 0 Å². The highest BCUT2D eigenvalue weighted by molar-refractivity contribution is 7.90. The molecule has 1 aliphatic carbocycles. The maximum absolute atomic E-state index is 12.2. The Morgan fingerprint density at radius 2 is 1.96 bits per heavy atom. The third kappa shape index (κ3) is 5.28. The number of hydrogen-bond donors (Lipinski definition) is 1. The molecular formula is C18H30N2O2S2. The van der Waals surface area contributed by atoms with Crippen molar-refractivity contribution in [3.8, 4) is 0 Å². The second kappa shape index (κ2) is 7.85. The topological polar surface area (TPSA) is 49.4 Å². The molecule has 1 aromatic heterocycles. The lowest BCUT2D eigenvalue weighted by atomic mass is 10.1. The molecule has 2 heterocycles. The van der Waals surface area contributed by atoms with E-state index in [1.165, 1.54) is 9.75 Å². The van der Waals surface area contributed by atoms with Gasteiger partial charge in [0, 0.05) is 28.9 Å². The highest BCUT2D eigenvalue weighted by atomic mass is 32.2. The van der Waals surface area contributed by atoms with Gasteiger partial charge in [-0.3, -0.25) is 4.90 Å².